The van der Waals surface area contributed by atoms with E-state index in [1.54, 1.807) is 73.1 Å². The van der Waals surface area contributed by atoms with E-state index in [0.29, 0.717) is 40.0 Å². The first-order valence-electron chi connectivity index (χ1n) is 27.8. The number of rotatable bonds is 11. The number of hydrogen-bond donors (Lipinski definition) is 2. The van der Waals surface area contributed by atoms with Gasteiger partial charge in [-0.15, -0.1) is 0 Å². The van der Waals surface area contributed by atoms with Crippen molar-refractivity contribution in [3.63, 3.8) is 0 Å². The number of nitrogens with two attached hydrogens (primary N) is 2. The van der Waals surface area contributed by atoms with Crippen LogP contribution < -0.4 is 11.5 Å². The number of likely N-dealkylation sites (N-methyl/N-ethyl adjacent to an activating group) is 1. The number of anilines is 2. The largest absolute Gasteiger partial charge is 0.417 e. The molecule has 19 heteroatoms. The van der Waals surface area contributed by atoms with E-state index >= 15 is 0 Å². The number of aromatic nitrogens is 8. The molecule has 0 atom stereocenters. The highest BCUT2D eigenvalue weighted by Crippen LogP contribution is 2.46. The van der Waals surface area contributed by atoms with Gasteiger partial charge in [0, 0.05) is 102 Å². The zero-order chi connectivity index (χ0) is 57.1. The van der Waals surface area contributed by atoms with Gasteiger partial charge in [-0.05, 0) is 82.0 Å². The first kappa shape index (κ1) is 53.7. The molecule has 5 aromatic carbocycles. The van der Waals surface area contributed by atoms with E-state index in [4.69, 9.17) is 30.6 Å². The molecule has 15 nitrogen and oxygen atoms in total. The van der Waals surface area contributed by atoms with E-state index in [-0.39, 0.29) is 45.9 Å². The van der Waals surface area contributed by atoms with Crippen LogP contribution in [-0.2, 0) is 20.5 Å². The molecular formula is C64H59F3N12O3S. The predicted molar refractivity (Wildman–Crippen MR) is 317 cm³/mol. The minimum Gasteiger partial charge on any atom is -0.382 e. The Hall–Kier alpha value is -8.62. The summed E-state index contributed by atoms with van der Waals surface area (Å²) in [6, 6.07) is 42.5. The van der Waals surface area contributed by atoms with Crippen molar-refractivity contribution in [2.75, 3.05) is 51.3 Å². The normalized spacial score (nSPS) is 18.7. The first-order chi connectivity index (χ1) is 40.1. The lowest BCUT2D eigenvalue weighted by Crippen LogP contribution is -2.52. The van der Waals surface area contributed by atoms with Crippen LogP contribution in [0.3, 0.4) is 0 Å². The summed E-state index contributed by atoms with van der Waals surface area (Å²) >= 11 is 0. The van der Waals surface area contributed by atoms with Gasteiger partial charge in [-0.1, -0.05) is 109 Å². The molecule has 420 valence electrons. The topological polar surface area (TPSA) is 188 Å². The summed E-state index contributed by atoms with van der Waals surface area (Å²) in [5, 5.41) is 1.08. The molecule has 0 unspecified atom stereocenters. The van der Waals surface area contributed by atoms with Crippen molar-refractivity contribution in [3.05, 3.63) is 187 Å². The monoisotopic (exact) mass is 1130 g/mol. The van der Waals surface area contributed by atoms with Crippen LogP contribution in [0.15, 0.2) is 169 Å². The summed E-state index contributed by atoms with van der Waals surface area (Å²) in [7, 11) is -1.63. The van der Waals surface area contributed by atoms with Gasteiger partial charge in [-0.3, -0.25) is 17.9 Å². The molecule has 83 heavy (non-hydrogen) atoms. The van der Waals surface area contributed by atoms with Gasteiger partial charge in [0.2, 0.25) is 0 Å². The molecule has 0 spiro atoms. The molecule has 6 aromatic heterocycles. The van der Waals surface area contributed by atoms with Crippen molar-refractivity contribution < 1.29 is 25.8 Å². The maximum atomic E-state index is 14.1. The number of fused-ring (bicyclic) bond motifs is 4. The Kier molecular flexibility index (Phi) is 14.0. The molecular weight excluding hydrogens is 1070 g/mol. The average Bonchev–Trinajstić information content (AvgIpc) is 3.31. The maximum Gasteiger partial charge on any atom is 0.417 e. The fourth-order valence-corrected chi connectivity index (χ4v) is 12.9. The third-order valence-electron chi connectivity index (χ3n) is 16.6. The fourth-order valence-electron chi connectivity index (χ4n) is 11.9. The number of aryl methyl sites for hydroxylation is 1. The molecule has 3 aliphatic rings. The van der Waals surface area contributed by atoms with E-state index in [1.807, 2.05) is 70.6 Å². The highest BCUT2D eigenvalue weighted by molar-refractivity contribution is 7.86. The lowest BCUT2D eigenvalue weighted by molar-refractivity contribution is -0.136. The SMILES string of the molecule is CN1CCN(C2CC(c3nc(-c4ccc5c(C(F)(F)F)cc(-c6ccccc6)nc5c4)c4c(N)nccn34)C2)CC1.Cc1ccc(S(=O)(=O)OCC2CC(c3nc(-c4ccc5ccc(-c6ccccc6)nc5c4)c4c(N)nccn34)C2)cc1. The van der Waals surface area contributed by atoms with Gasteiger partial charge in [0.1, 0.15) is 45.7 Å². The molecule has 3 fully saturated rings. The Morgan fingerprint density at radius 2 is 1.14 bits per heavy atom. The summed E-state index contributed by atoms with van der Waals surface area (Å²) in [5.74, 6) is 3.06. The lowest BCUT2D eigenvalue weighted by atomic mass is 9.75. The molecule has 7 heterocycles. The molecule has 1 saturated heterocycles. The maximum absolute atomic E-state index is 14.1. The number of pyridine rings is 2. The van der Waals surface area contributed by atoms with Gasteiger partial charge in [0.15, 0.2) is 0 Å². The minimum atomic E-state index is -4.53. The third-order valence-corrected chi connectivity index (χ3v) is 17.9. The molecule has 0 bridgehead atoms. The van der Waals surface area contributed by atoms with Crippen LogP contribution in [-0.4, -0.2) is 103 Å². The Balaban J connectivity index is 0.000000155. The minimum absolute atomic E-state index is 0.0461. The quantitative estimate of drug-likeness (QED) is 0.117. The molecule has 0 radical (unpaired) electrons. The number of hydrogen-bond acceptors (Lipinski definition) is 13. The number of nitrogens with zero attached hydrogens (tertiary/aromatic N) is 10. The van der Waals surface area contributed by atoms with Crippen molar-refractivity contribution in [2.45, 2.75) is 61.6 Å². The number of piperazine rings is 1. The third kappa shape index (κ3) is 10.5. The first-order valence-corrected chi connectivity index (χ1v) is 29.2. The Morgan fingerprint density at radius 1 is 0.602 bits per heavy atom. The highest BCUT2D eigenvalue weighted by atomic mass is 32.2. The van der Waals surface area contributed by atoms with Crippen molar-refractivity contribution in [2.24, 2.45) is 5.92 Å². The number of nitrogen functional groups attached to an aromatic ring is 2. The molecule has 1 aliphatic heterocycles. The van der Waals surface area contributed by atoms with Gasteiger partial charge in [0.05, 0.1) is 39.5 Å². The average molecular weight is 1130 g/mol. The predicted octanol–water partition coefficient (Wildman–Crippen LogP) is 12.1. The lowest BCUT2D eigenvalue weighted by Gasteiger charge is -2.45. The summed E-state index contributed by atoms with van der Waals surface area (Å²) in [4.78, 5) is 33.5. The molecule has 2 aliphatic carbocycles. The highest BCUT2D eigenvalue weighted by Gasteiger charge is 2.40. The van der Waals surface area contributed by atoms with Crippen LogP contribution in [0, 0.1) is 12.8 Å². The fraction of sp³-hybridized carbons (Fsp3) is 0.250. The second kappa shape index (κ2) is 21.6. The van der Waals surface area contributed by atoms with Gasteiger partial charge >= 0.3 is 6.18 Å². The van der Waals surface area contributed by atoms with Crippen LogP contribution >= 0.6 is 0 Å². The van der Waals surface area contributed by atoms with Gasteiger partial charge in [-0.25, -0.2) is 29.9 Å². The van der Waals surface area contributed by atoms with Crippen LogP contribution in [0.5, 0.6) is 0 Å². The van der Waals surface area contributed by atoms with E-state index in [2.05, 4.69) is 56.1 Å². The Labute approximate surface area is 477 Å². The number of benzene rings is 5. The summed E-state index contributed by atoms with van der Waals surface area (Å²) in [6.45, 7) is 6.38. The smallest absolute Gasteiger partial charge is 0.382 e. The molecule has 14 rings (SSSR count). The number of halogens is 3. The van der Waals surface area contributed by atoms with Crippen LogP contribution in [0.25, 0.3) is 77.9 Å². The van der Waals surface area contributed by atoms with Crippen molar-refractivity contribution in [1.29, 1.82) is 0 Å². The second-order valence-corrected chi connectivity index (χ2v) is 23.7. The van der Waals surface area contributed by atoms with Gasteiger partial charge in [0.25, 0.3) is 10.1 Å². The Bertz CT molecular complexity index is 4330. The van der Waals surface area contributed by atoms with Crippen LogP contribution in [0.1, 0.15) is 60.3 Å². The molecule has 4 N–H and O–H groups in total. The van der Waals surface area contributed by atoms with Crippen LogP contribution in [0.2, 0.25) is 0 Å². The van der Waals surface area contributed by atoms with E-state index in [1.165, 1.54) is 6.07 Å². The molecule has 0 amide bonds. The van der Waals surface area contributed by atoms with Crippen molar-refractivity contribution in [1.82, 2.24) is 48.5 Å². The number of alkyl halides is 3. The van der Waals surface area contributed by atoms with Crippen LogP contribution in [0.4, 0.5) is 24.8 Å². The van der Waals surface area contributed by atoms with Crippen molar-refractivity contribution in [3.8, 4) is 45.0 Å². The van der Waals surface area contributed by atoms with Crippen molar-refractivity contribution >= 4 is 54.6 Å². The summed E-state index contributed by atoms with van der Waals surface area (Å²) in [6.07, 6.45) is 6.13. The summed E-state index contributed by atoms with van der Waals surface area (Å²) < 4.78 is 77.2. The zero-order valence-corrected chi connectivity index (χ0v) is 46.5. The summed E-state index contributed by atoms with van der Waals surface area (Å²) in [5.41, 5.74) is 21.4. The van der Waals surface area contributed by atoms with Gasteiger partial charge in [-0.2, -0.15) is 21.6 Å². The van der Waals surface area contributed by atoms with E-state index in [0.717, 1.165) is 114 Å². The van der Waals surface area contributed by atoms with E-state index in [9.17, 15) is 21.6 Å². The molecule has 11 aromatic rings. The Morgan fingerprint density at radius 3 is 1.75 bits per heavy atom. The van der Waals surface area contributed by atoms with E-state index < -0.39 is 21.9 Å². The standard InChI is InChI=1S/C33H29N5O3S.C31H30F3N7/c1-21-7-12-27(13-8-21)42(39,40)41-20-22-17-26(18-22)33-37-30(31-32(34)35-15-16-38(31)33)25-10-9-24-11-14-28(36-29(24)19-25)23-5-3-2-4-6-23;1-39-11-13-40(14-12-39)22-15-21(16-22)30-38-27(28-29(35)36-9-10-41(28)30)20-7-8-23-24(31(32,33)34)18-25(37-26(23)17-20)19-5-3-2-4-6-19/h2-16,19,22,26H,17-18,20H2,1H3,(H2,34,35);2-10,17-18,21-22H,11-16H2,1H3,(H2,35,36). The number of imidazole rings is 2. The zero-order valence-electron chi connectivity index (χ0n) is 45.7. The van der Waals surface area contributed by atoms with Gasteiger partial charge < -0.3 is 16.4 Å². The molecule has 2 saturated carbocycles. The second-order valence-electron chi connectivity index (χ2n) is 22.1.